The summed E-state index contributed by atoms with van der Waals surface area (Å²) in [5.41, 5.74) is 1.66. The van der Waals surface area contributed by atoms with Crippen LogP contribution in [0.1, 0.15) is 11.3 Å². The van der Waals surface area contributed by atoms with Crippen molar-refractivity contribution in [2.24, 2.45) is 0 Å². The van der Waals surface area contributed by atoms with Crippen LogP contribution in [0.5, 0.6) is 0 Å². The number of anilines is 2. The van der Waals surface area contributed by atoms with Crippen LogP contribution in [0.2, 0.25) is 0 Å². The largest absolute Gasteiger partial charge is 0.354 e. The molecule has 1 aliphatic rings. The molecule has 0 aromatic carbocycles. The Kier molecular flexibility index (Phi) is 4.89. The molecule has 1 saturated heterocycles. The Morgan fingerprint density at radius 2 is 1.92 bits per heavy atom. The number of hydrogen-bond donors (Lipinski definition) is 0. The Labute approximate surface area is 142 Å². The molecular formula is C17H23FN6. The monoisotopic (exact) mass is 330 g/mol. The van der Waals surface area contributed by atoms with Gasteiger partial charge in [-0.05, 0) is 13.0 Å². The first-order valence-corrected chi connectivity index (χ1v) is 8.11. The summed E-state index contributed by atoms with van der Waals surface area (Å²) in [5.74, 6) is 1.45. The van der Waals surface area contributed by atoms with E-state index in [0.717, 1.165) is 43.6 Å². The third kappa shape index (κ3) is 3.79. The van der Waals surface area contributed by atoms with E-state index in [2.05, 4.69) is 24.8 Å². The molecule has 24 heavy (non-hydrogen) atoms. The Morgan fingerprint density at radius 1 is 1.17 bits per heavy atom. The highest BCUT2D eigenvalue weighted by Crippen LogP contribution is 2.19. The highest BCUT2D eigenvalue weighted by Gasteiger charge is 2.20. The van der Waals surface area contributed by atoms with Gasteiger partial charge in [0.15, 0.2) is 0 Å². The van der Waals surface area contributed by atoms with Crippen LogP contribution in [0.25, 0.3) is 0 Å². The molecule has 0 atom stereocenters. The van der Waals surface area contributed by atoms with Crippen LogP contribution in [0.4, 0.5) is 16.2 Å². The number of rotatable bonds is 4. The second kappa shape index (κ2) is 7.09. The van der Waals surface area contributed by atoms with Gasteiger partial charge >= 0.3 is 0 Å². The van der Waals surface area contributed by atoms with Gasteiger partial charge in [-0.2, -0.15) is 4.98 Å². The van der Waals surface area contributed by atoms with Gasteiger partial charge in [-0.1, -0.05) is 0 Å². The van der Waals surface area contributed by atoms with Crippen molar-refractivity contribution in [3.05, 3.63) is 41.6 Å². The predicted octanol–water partition coefficient (Wildman–Crippen LogP) is 1.71. The van der Waals surface area contributed by atoms with E-state index in [1.807, 2.05) is 32.0 Å². The molecule has 1 aliphatic heterocycles. The Hall–Kier alpha value is -2.28. The average molecular weight is 330 g/mol. The number of pyridine rings is 1. The van der Waals surface area contributed by atoms with E-state index in [1.165, 1.54) is 6.20 Å². The topological polar surface area (TPSA) is 48.4 Å². The summed E-state index contributed by atoms with van der Waals surface area (Å²) >= 11 is 0. The first kappa shape index (κ1) is 16.6. The van der Waals surface area contributed by atoms with E-state index >= 15 is 0 Å². The summed E-state index contributed by atoms with van der Waals surface area (Å²) in [6, 6.07) is 3.77. The molecule has 1 fully saturated rings. The maximum atomic E-state index is 13.7. The van der Waals surface area contributed by atoms with E-state index in [0.29, 0.717) is 12.1 Å². The van der Waals surface area contributed by atoms with Crippen molar-refractivity contribution in [2.45, 2.75) is 13.5 Å². The van der Waals surface area contributed by atoms with Crippen LogP contribution in [0.15, 0.2) is 24.5 Å². The maximum absolute atomic E-state index is 13.7. The molecule has 2 aromatic rings. The first-order valence-electron chi connectivity index (χ1n) is 8.11. The van der Waals surface area contributed by atoms with E-state index in [-0.39, 0.29) is 5.82 Å². The van der Waals surface area contributed by atoms with Gasteiger partial charge in [-0.25, -0.2) is 9.37 Å². The predicted molar refractivity (Wildman–Crippen MR) is 92.8 cm³/mol. The lowest BCUT2D eigenvalue weighted by Crippen LogP contribution is -2.46. The average Bonchev–Trinajstić information content (AvgIpc) is 2.57. The number of aryl methyl sites for hydroxylation is 1. The molecule has 0 amide bonds. The van der Waals surface area contributed by atoms with Gasteiger partial charge in [0.05, 0.1) is 6.20 Å². The summed E-state index contributed by atoms with van der Waals surface area (Å²) in [5, 5.41) is 0. The van der Waals surface area contributed by atoms with Gasteiger partial charge in [0.1, 0.15) is 11.6 Å². The zero-order chi connectivity index (χ0) is 17.1. The van der Waals surface area contributed by atoms with Crippen molar-refractivity contribution in [1.82, 2.24) is 19.9 Å². The molecule has 3 rings (SSSR count). The molecule has 0 bridgehead atoms. The molecule has 0 aliphatic carbocycles. The van der Waals surface area contributed by atoms with Crippen LogP contribution in [-0.4, -0.2) is 60.1 Å². The molecule has 0 saturated carbocycles. The highest BCUT2D eigenvalue weighted by atomic mass is 19.1. The van der Waals surface area contributed by atoms with E-state index in [9.17, 15) is 4.39 Å². The first-order chi connectivity index (χ1) is 11.5. The normalized spacial score (nSPS) is 15.6. The van der Waals surface area contributed by atoms with E-state index in [4.69, 9.17) is 0 Å². The second-order valence-electron chi connectivity index (χ2n) is 6.29. The third-order valence-corrected chi connectivity index (χ3v) is 4.18. The van der Waals surface area contributed by atoms with E-state index in [1.54, 1.807) is 12.3 Å². The van der Waals surface area contributed by atoms with Gasteiger partial charge in [0, 0.05) is 70.3 Å². The van der Waals surface area contributed by atoms with Crippen LogP contribution in [0, 0.1) is 12.7 Å². The molecule has 0 unspecified atom stereocenters. The van der Waals surface area contributed by atoms with Gasteiger partial charge < -0.3 is 9.80 Å². The van der Waals surface area contributed by atoms with Crippen LogP contribution in [0.3, 0.4) is 0 Å². The number of halogens is 1. The molecule has 3 heterocycles. The molecule has 2 aromatic heterocycles. The number of hydrogen-bond acceptors (Lipinski definition) is 6. The fourth-order valence-corrected chi connectivity index (χ4v) is 2.81. The van der Waals surface area contributed by atoms with Crippen molar-refractivity contribution < 1.29 is 4.39 Å². The van der Waals surface area contributed by atoms with Gasteiger partial charge in [-0.15, -0.1) is 0 Å². The van der Waals surface area contributed by atoms with Crippen molar-refractivity contribution in [3.8, 4) is 0 Å². The molecule has 6 nitrogen and oxygen atoms in total. The minimum atomic E-state index is -0.234. The molecule has 0 N–H and O–H groups in total. The van der Waals surface area contributed by atoms with Crippen LogP contribution in [-0.2, 0) is 6.54 Å². The summed E-state index contributed by atoms with van der Waals surface area (Å²) in [6.07, 6.45) is 2.92. The standard InChI is InChI=1S/C17H23FN6/c1-13-10-16(21-17(20-13)22(2)3)24-8-6-23(7-9-24)12-14-4-5-19-11-15(14)18/h4-5,10-11H,6-9,12H2,1-3H3. The van der Waals surface area contributed by atoms with Crippen molar-refractivity contribution in [2.75, 3.05) is 50.1 Å². The molecule has 128 valence electrons. The minimum Gasteiger partial charge on any atom is -0.354 e. The van der Waals surface area contributed by atoms with Crippen LogP contribution >= 0.6 is 0 Å². The fraction of sp³-hybridized carbons (Fsp3) is 0.471. The summed E-state index contributed by atoms with van der Waals surface area (Å²) < 4.78 is 13.7. The lowest BCUT2D eigenvalue weighted by atomic mass is 10.2. The Bertz CT molecular complexity index is 697. The quantitative estimate of drug-likeness (QED) is 0.851. The van der Waals surface area contributed by atoms with E-state index < -0.39 is 0 Å². The zero-order valence-corrected chi connectivity index (χ0v) is 14.4. The summed E-state index contributed by atoms with van der Waals surface area (Å²) in [4.78, 5) is 19.3. The minimum absolute atomic E-state index is 0.234. The molecule has 0 spiro atoms. The van der Waals surface area contributed by atoms with Gasteiger partial charge in [0.25, 0.3) is 0 Å². The Balaban J connectivity index is 1.64. The van der Waals surface area contributed by atoms with Gasteiger partial charge in [0.2, 0.25) is 5.95 Å². The number of piperazine rings is 1. The lowest BCUT2D eigenvalue weighted by molar-refractivity contribution is 0.246. The summed E-state index contributed by atoms with van der Waals surface area (Å²) in [7, 11) is 3.89. The van der Waals surface area contributed by atoms with Crippen LogP contribution < -0.4 is 9.80 Å². The summed E-state index contributed by atoms with van der Waals surface area (Å²) in [6.45, 7) is 6.10. The maximum Gasteiger partial charge on any atom is 0.226 e. The third-order valence-electron chi connectivity index (χ3n) is 4.18. The molecule has 7 heteroatoms. The van der Waals surface area contributed by atoms with Crippen molar-refractivity contribution in [1.29, 1.82) is 0 Å². The number of nitrogens with zero attached hydrogens (tertiary/aromatic N) is 6. The second-order valence-corrected chi connectivity index (χ2v) is 6.29. The Morgan fingerprint density at radius 3 is 2.58 bits per heavy atom. The van der Waals surface area contributed by atoms with Crippen molar-refractivity contribution in [3.63, 3.8) is 0 Å². The van der Waals surface area contributed by atoms with Gasteiger partial charge in [-0.3, -0.25) is 9.88 Å². The smallest absolute Gasteiger partial charge is 0.226 e. The number of aromatic nitrogens is 3. The molecule has 0 radical (unpaired) electrons. The zero-order valence-electron chi connectivity index (χ0n) is 14.4. The lowest BCUT2D eigenvalue weighted by Gasteiger charge is -2.35. The fourth-order valence-electron chi connectivity index (χ4n) is 2.81. The molecular weight excluding hydrogens is 307 g/mol. The highest BCUT2D eigenvalue weighted by molar-refractivity contribution is 5.45. The van der Waals surface area contributed by atoms with Crippen molar-refractivity contribution >= 4 is 11.8 Å². The SMILES string of the molecule is Cc1cc(N2CCN(Cc3ccncc3F)CC2)nc(N(C)C)n1.